The van der Waals surface area contributed by atoms with Crippen LogP contribution in [0.1, 0.15) is 52.7 Å². The molecule has 0 aliphatic carbocycles. The van der Waals surface area contributed by atoms with Gasteiger partial charge in [0.05, 0.1) is 33.4 Å². The van der Waals surface area contributed by atoms with Crippen molar-refractivity contribution in [2.24, 2.45) is 0 Å². The molecule has 13 aromatic rings. The number of benzene rings is 9. The maximum Gasteiger partial charge on any atom is 0.160 e. The normalized spacial score (nSPS) is 12.7. The zero-order valence-electron chi connectivity index (χ0n) is 38.6. The van der Waals surface area contributed by atoms with Gasteiger partial charge in [0.25, 0.3) is 0 Å². The third-order valence-electron chi connectivity index (χ3n) is 14.0. The Morgan fingerprint density at radius 3 is 1.12 bits per heavy atom. The van der Waals surface area contributed by atoms with E-state index in [9.17, 15) is 0 Å². The van der Waals surface area contributed by atoms with Crippen molar-refractivity contribution in [1.82, 2.24) is 9.13 Å². The second-order valence-electron chi connectivity index (χ2n) is 20.3. The standard InChI is InChI=1S/C62H46F2N2O2/c1-61(2,3)53-51(35-23-27-37(63)28-24-35)57(65-47-19-11-7-15-39(47)43-31-33-45-41-17-9-13-21-49(41)67-59(45)55(43)65)52(36-25-29-38(64)30-26-36)54(62(4,5)6)58(53)66-48-20-12-8-16-40(48)44-32-34-46-42-18-10-14-22-50(42)68-60(46)56(44)66/h7-34H,1-6H3. The number of halogens is 2. The van der Waals surface area contributed by atoms with Gasteiger partial charge in [0.2, 0.25) is 0 Å². The molecule has 0 N–H and O–H groups in total. The van der Waals surface area contributed by atoms with Crippen molar-refractivity contribution in [2.45, 2.75) is 52.4 Å². The van der Waals surface area contributed by atoms with Crippen molar-refractivity contribution in [3.05, 3.63) is 193 Å². The van der Waals surface area contributed by atoms with Crippen molar-refractivity contribution >= 4 is 87.5 Å². The van der Waals surface area contributed by atoms with Crippen LogP contribution < -0.4 is 0 Å². The smallest absolute Gasteiger partial charge is 0.160 e. The molecule has 0 amide bonds. The lowest BCUT2D eigenvalue weighted by molar-refractivity contribution is 0.565. The predicted molar refractivity (Wildman–Crippen MR) is 278 cm³/mol. The molecule has 0 saturated heterocycles. The van der Waals surface area contributed by atoms with Crippen LogP contribution in [0.25, 0.3) is 121 Å². The molecule has 0 saturated carbocycles. The van der Waals surface area contributed by atoms with E-state index in [1.807, 2.05) is 54.6 Å². The molecule has 68 heavy (non-hydrogen) atoms. The average molecular weight is 889 g/mol. The molecular weight excluding hydrogens is 843 g/mol. The van der Waals surface area contributed by atoms with Crippen molar-refractivity contribution in [1.29, 1.82) is 0 Å². The topological polar surface area (TPSA) is 36.1 Å². The van der Waals surface area contributed by atoms with Crippen LogP contribution in [-0.2, 0) is 10.8 Å². The highest BCUT2D eigenvalue weighted by atomic mass is 19.1. The van der Waals surface area contributed by atoms with Gasteiger partial charge >= 0.3 is 0 Å². The average Bonchev–Trinajstić information content (AvgIpc) is 4.08. The van der Waals surface area contributed by atoms with E-state index in [4.69, 9.17) is 8.83 Å². The lowest BCUT2D eigenvalue weighted by Gasteiger charge is -2.38. The van der Waals surface area contributed by atoms with Crippen LogP contribution in [0.15, 0.2) is 179 Å². The zero-order valence-corrected chi connectivity index (χ0v) is 38.6. The molecule has 4 nitrogen and oxygen atoms in total. The summed E-state index contributed by atoms with van der Waals surface area (Å²) in [6, 6.07) is 56.3. The monoisotopic (exact) mass is 888 g/mol. The zero-order chi connectivity index (χ0) is 46.4. The molecule has 0 spiro atoms. The molecule has 0 aliphatic rings. The highest BCUT2D eigenvalue weighted by Crippen LogP contribution is 2.55. The minimum atomic E-state index is -0.554. The Bertz CT molecular complexity index is 4140. The van der Waals surface area contributed by atoms with Crippen molar-refractivity contribution < 1.29 is 17.6 Å². The number of nitrogens with zero attached hydrogens (tertiary/aromatic N) is 2. The molecule has 0 aliphatic heterocycles. The van der Waals surface area contributed by atoms with Gasteiger partial charge in [0, 0.05) is 54.2 Å². The number of furan rings is 2. The number of rotatable bonds is 4. The fourth-order valence-corrected chi connectivity index (χ4v) is 11.4. The first kappa shape index (κ1) is 40.3. The molecular formula is C62H46F2N2O2. The molecule has 0 unspecified atom stereocenters. The van der Waals surface area contributed by atoms with Crippen molar-refractivity contribution in [2.75, 3.05) is 0 Å². The number of para-hydroxylation sites is 4. The van der Waals surface area contributed by atoms with E-state index < -0.39 is 10.8 Å². The van der Waals surface area contributed by atoms with Crippen LogP contribution in [0.2, 0.25) is 0 Å². The largest absolute Gasteiger partial charge is 0.454 e. The maximum absolute atomic E-state index is 15.4. The van der Waals surface area contributed by atoms with E-state index in [-0.39, 0.29) is 11.6 Å². The van der Waals surface area contributed by atoms with Crippen molar-refractivity contribution in [3.63, 3.8) is 0 Å². The molecule has 4 heterocycles. The van der Waals surface area contributed by atoms with Gasteiger partial charge in [-0.1, -0.05) is 151 Å². The van der Waals surface area contributed by atoms with Crippen LogP contribution in [0, 0.1) is 11.6 Å². The first-order chi connectivity index (χ1) is 32.9. The van der Waals surface area contributed by atoms with E-state index in [0.29, 0.717) is 0 Å². The van der Waals surface area contributed by atoms with Crippen LogP contribution in [-0.4, -0.2) is 9.13 Å². The van der Waals surface area contributed by atoms with Gasteiger partial charge in [-0.3, -0.25) is 0 Å². The van der Waals surface area contributed by atoms with Gasteiger partial charge < -0.3 is 18.0 Å². The van der Waals surface area contributed by atoms with Crippen LogP contribution >= 0.6 is 0 Å². The predicted octanol–water partition coefficient (Wildman–Crippen LogP) is 17.9. The maximum atomic E-state index is 15.4. The van der Waals surface area contributed by atoms with Crippen LogP contribution in [0.4, 0.5) is 8.78 Å². The van der Waals surface area contributed by atoms with Gasteiger partial charge in [-0.15, -0.1) is 0 Å². The highest BCUT2D eigenvalue weighted by Gasteiger charge is 2.39. The third-order valence-corrected chi connectivity index (χ3v) is 14.0. The van der Waals surface area contributed by atoms with Crippen molar-refractivity contribution in [3.8, 4) is 33.6 Å². The van der Waals surface area contributed by atoms with Gasteiger partial charge in [-0.05, 0) is 93.7 Å². The SMILES string of the molecule is CC(C)(C)c1c(-c2ccc(F)cc2)c(-n2c3ccccc3c3ccc4c5ccccc5oc4c32)c(-c2ccc(F)cc2)c(C(C)(C)C)c1-n1c2ccccc2c2ccc3c4ccccc4oc3c21. The Balaban J connectivity index is 1.37. The molecule has 0 atom stereocenters. The summed E-state index contributed by atoms with van der Waals surface area (Å²) in [5.41, 5.74) is 13.5. The van der Waals surface area contributed by atoms with Gasteiger partial charge in [0.15, 0.2) is 11.2 Å². The fraction of sp³-hybridized carbons (Fsp3) is 0.129. The van der Waals surface area contributed by atoms with Crippen LogP contribution in [0.5, 0.6) is 0 Å². The second-order valence-corrected chi connectivity index (χ2v) is 20.3. The third kappa shape index (κ3) is 5.70. The lowest BCUT2D eigenvalue weighted by atomic mass is 9.71. The van der Waals surface area contributed by atoms with Crippen LogP contribution in [0.3, 0.4) is 0 Å². The Kier molecular flexibility index (Phi) is 8.46. The molecule has 0 bridgehead atoms. The Morgan fingerprint density at radius 1 is 0.353 bits per heavy atom. The number of hydrogen-bond donors (Lipinski definition) is 0. The van der Waals surface area contributed by atoms with E-state index in [2.05, 4.69) is 142 Å². The number of fused-ring (bicyclic) bond motifs is 14. The first-order valence-corrected chi connectivity index (χ1v) is 23.3. The summed E-state index contributed by atoms with van der Waals surface area (Å²) in [6.07, 6.45) is 0. The minimum absolute atomic E-state index is 0.326. The number of aromatic nitrogens is 2. The molecule has 330 valence electrons. The Hall–Kier alpha value is -7.96. The minimum Gasteiger partial charge on any atom is -0.454 e. The molecule has 13 rings (SSSR count). The van der Waals surface area contributed by atoms with Gasteiger partial charge in [-0.25, -0.2) is 8.78 Å². The van der Waals surface area contributed by atoms with Gasteiger partial charge in [-0.2, -0.15) is 0 Å². The Labute approximate surface area is 391 Å². The quantitative estimate of drug-likeness (QED) is 0.176. The lowest BCUT2D eigenvalue weighted by Crippen LogP contribution is -2.26. The fourth-order valence-electron chi connectivity index (χ4n) is 11.4. The molecule has 6 heteroatoms. The molecule has 0 radical (unpaired) electrons. The van der Waals surface area contributed by atoms with E-state index >= 15 is 8.78 Å². The first-order valence-electron chi connectivity index (χ1n) is 23.3. The van der Waals surface area contributed by atoms with E-state index in [1.54, 1.807) is 24.3 Å². The summed E-state index contributed by atoms with van der Waals surface area (Å²) < 4.78 is 49.7. The summed E-state index contributed by atoms with van der Waals surface area (Å²) >= 11 is 0. The molecule has 4 aromatic heterocycles. The van der Waals surface area contributed by atoms with E-state index in [0.717, 1.165) is 132 Å². The van der Waals surface area contributed by atoms with E-state index in [1.165, 1.54) is 0 Å². The Morgan fingerprint density at radius 2 is 0.706 bits per heavy atom. The summed E-state index contributed by atoms with van der Waals surface area (Å²) in [5.74, 6) is -0.651. The molecule has 9 aromatic carbocycles. The molecule has 0 fully saturated rings. The summed E-state index contributed by atoms with van der Waals surface area (Å²) in [5, 5.41) is 8.37. The highest BCUT2D eigenvalue weighted by molar-refractivity contribution is 6.24. The summed E-state index contributed by atoms with van der Waals surface area (Å²) in [4.78, 5) is 0. The summed E-state index contributed by atoms with van der Waals surface area (Å²) in [6.45, 7) is 13.7. The summed E-state index contributed by atoms with van der Waals surface area (Å²) in [7, 11) is 0. The second kappa shape index (κ2) is 14.3. The van der Waals surface area contributed by atoms with Gasteiger partial charge in [0.1, 0.15) is 22.8 Å². The number of hydrogen-bond acceptors (Lipinski definition) is 2.